The Labute approximate surface area is 206 Å². The number of aryl methyl sites for hydroxylation is 1. The third kappa shape index (κ3) is 4.83. The van der Waals surface area contributed by atoms with Gasteiger partial charge in [-0.3, -0.25) is 14.9 Å². The van der Waals surface area contributed by atoms with Crippen molar-refractivity contribution in [2.24, 2.45) is 0 Å². The molecule has 1 aromatic heterocycles. The summed E-state index contributed by atoms with van der Waals surface area (Å²) in [5.41, 5.74) is 1.35. The first-order valence-corrected chi connectivity index (χ1v) is 10.8. The van der Waals surface area contributed by atoms with Gasteiger partial charge in [-0.2, -0.15) is 0 Å². The van der Waals surface area contributed by atoms with E-state index in [1.165, 1.54) is 26.4 Å². The number of para-hydroxylation sites is 1. The molecule has 0 unspecified atom stereocenters. The molecule has 0 radical (unpaired) electrons. The molecule has 3 aromatic rings. The molecule has 0 bridgehead atoms. The number of esters is 1. The second-order valence-corrected chi connectivity index (χ2v) is 7.70. The van der Waals surface area contributed by atoms with Crippen LogP contribution in [0.5, 0.6) is 11.5 Å². The van der Waals surface area contributed by atoms with Crippen LogP contribution in [0.2, 0.25) is 0 Å². The number of nitrogens with one attached hydrogen (secondary N) is 1. The summed E-state index contributed by atoms with van der Waals surface area (Å²) in [5.74, 6) is -0.982. The smallest absolute Gasteiger partial charge is 0.373 e. The molecular weight excluding hydrogens is 468 g/mol. The Kier molecular flexibility index (Phi) is 6.86. The minimum absolute atomic E-state index is 0.0161. The number of imide groups is 2. The molecule has 0 spiro atoms. The van der Waals surface area contributed by atoms with E-state index in [1.54, 1.807) is 55.5 Å². The molecule has 1 N–H and O–H groups in total. The fourth-order valence-corrected chi connectivity index (χ4v) is 3.57. The fraction of sp³-hybridized carbons (Fsp3) is 0.154. The Morgan fingerprint density at radius 1 is 1.03 bits per heavy atom. The molecule has 0 saturated carbocycles. The van der Waals surface area contributed by atoms with Crippen LogP contribution in [0.4, 0.5) is 10.5 Å². The zero-order chi connectivity index (χ0) is 25.8. The van der Waals surface area contributed by atoms with Crippen molar-refractivity contribution in [3.05, 3.63) is 82.8 Å². The lowest BCUT2D eigenvalue weighted by Crippen LogP contribution is -2.54. The van der Waals surface area contributed by atoms with Gasteiger partial charge >= 0.3 is 12.0 Å². The van der Waals surface area contributed by atoms with Crippen LogP contribution in [0, 0.1) is 6.92 Å². The second kappa shape index (κ2) is 10.2. The Bertz CT molecular complexity index is 1390. The highest BCUT2D eigenvalue weighted by atomic mass is 16.5. The number of benzene rings is 2. The number of hydrogen-bond acceptors (Lipinski definition) is 8. The summed E-state index contributed by atoms with van der Waals surface area (Å²) in [4.78, 5) is 50.5. The number of methoxy groups -OCH3 is 2. The topological polar surface area (TPSA) is 124 Å². The molecule has 4 rings (SSSR count). The average molecular weight is 490 g/mol. The highest BCUT2D eigenvalue weighted by Crippen LogP contribution is 2.31. The van der Waals surface area contributed by atoms with Crippen molar-refractivity contribution in [1.29, 1.82) is 0 Å². The molecular formula is C26H22N2O8. The third-order valence-corrected chi connectivity index (χ3v) is 5.37. The standard InChI is InChI=1S/C26H22N2O8/c1-15-6-4-5-7-19(15)28-24(30)18(23(29)27-26(28)32)12-16-8-10-20(22(13-16)33-2)35-14-17-9-11-21(36-17)25(31)34-3/h4-13H,14H2,1-3H3,(H,27,29,32). The number of urea groups is 1. The molecule has 2 heterocycles. The molecule has 1 aliphatic heterocycles. The van der Waals surface area contributed by atoms with E-state index < -0.39 is 23.8 Å². The van der Waals surface area contributed by atoms with Gasteiger partial charge in [0.1, 0.15) is 17.9 Å². The predicted octanol–water partition coefficient (Wildman–Crippen LogP) is 3.63. The van der Waals surface area contributed by atoms with Crippen LogP contribution in [-0.4, -0.2) is 38.0 Å². The van der Waals surface area contributed by atoms with Crippen molar-refractivity contribution in [1.82, 2.24) is 5.32 Å². The van der Waals surface area contributed by atoms with Crippen molar-refractivity contribution in [2.75, 3.05) is 19.1 Å². The zero-order valence-electron chi connectivity index (χ0n) is 19.7. The largest absolute Gasteiger partial charge is 0.493 e. The van der Waals surface area contributed by atoms with Crippen LogP contribution in [0.1, 0.15) is 27.4 Å². The molecule has 36 heavy (non-hydrogen) atoms. The van der Waals surface area contributed by atoms with Crippen LogP contribution in [-0.2, 0) is 20.9 Å². The number of barbiturate groups is 1. The van der Waals surface area contributed by atoms with Gasteiger partial charge in [0.25, 0.3) is 11.8 Å². The van der Waals surface area contributed by atoms with E-state index >= 15 is 0 Å². The molecule has 1 aliphatic rings. The van der Waals surface area contributed by atoms with E-state index in [9.17, 15) is 19.2 Å². The Hall–Kier alpha value is -4.86. The molecule has 1 fully saturated rings. The fourth-order valence-electron chi connectivity index (χ4n) is 3.57. The lowest BCUT2D eigenvalue weighted by molar-refractivity contribution is -0.122. The van der Waals surface area contributed by atoms with Crippen molar-refractivity contribution >= 4 is 35.6 Å². The van der Waals surface area contributed by atoms with Crippen molar-refractivity contribution in [3.8, 4) is 11.5 Å². The van der Waals surface area contributed by atoms with E-state index in [0.29, 0.717) is 34.1 Å². The van der Waals surface area contributed by atoms with E-state index in [0.717, 1.165) is 4.90 Å². The van der Waals surface area contributed by atoms with Gasteiger partial charge in [0.15, 0.2) is 11.5 Å². The minimum atomic E-state index is -0.814. The van der Waals surface area contributed by atoms with E-state index in [4.69, 9.17) is 13.9 Å². The first-order chi connectivity index (χ1) is 17.3. The molecule has 1 saturated heterocycles. The van der Waals surface area contributed by atoms with Gasteiger partial charge in [-0.1, -0.05) is 24.3 Å². The zero-order valence-corrected chi connectivity index (χ0v) is 19.7. The van der Waals surface area contributed by atoms with Gasteiger partial charge in [-0.15, -0.1) is 0 Å². The van der Waals surface area contributed by atoms with Crippen molar-refractivity contribution in [2.45, 2.75) is 13.5 Å². The maximum atomic E-state index is 13.1. The number of furan rings is 1. The van der Waals surface area contributed by atoms with Gasteiger partial charge in [0.05, 0.1) is 19.9 Å². The summed E-state index contributed by atoms with van der Waals surface area (Å²) in [6.07, 6.45) is 1.37. The minimum Gasteiger partial charge on any atom is -0.493 e. The summed E-state index contributed by atoms with van der Waals surface area (Å²) >= 11 is 0. The highest BCUT2D eigenvalue weighted by Gasteiger charge is 2.37. The van der Waals surface area contributed by atoms with Gasteiger partial charge in [0.2, 0.25) is 5.76 Å². The number of carbonyl (C=O) groups is 4. The number of hydrogen-bond donors (Lipinski definition) is 1. The Morgan fingerprint density at radius 2 is 1.81 bits per heavy atom. The van der Waals surface area contributed by atoms with Gasteiger partial charge in [-0.25, -0.2) is 14.5 Å². The summed E-state index contributed by atoms with van der Waals surface area (Å²) < 4.78 is 21.1. The number of nitrogens with zero attached hydrogens (tertiary/aromatic N) is 1. The van der Waals surface area contributed by atoms with Crippen LogP contribution in [0.3, 0.4) is 0 Å². The van der Waals surface area contributed by atoms with Crippen LogP contribution in [0.25, 0.3) is 6.08 Å². The third-order valence-electron chi connectivity index (χ3n) is 5.37. The highest BCUT2D eigenvalue weighted by molar-refractivity contribution is 6.39. The monoisotopic (exact) mass is 490 g/mol. The van der Waals surface area contributed by atoms with Gasteiger partial charge in [0, 0.05) is 0 Å². The first-order valence-electron chi connectivity index (χ1n) is 10.8. The maximum absolute atomic E-state index is 13.1. The van der Waals surface area contributed by atoms with Crippen molar-refractivity contribution < 1.29 is 37.8 Å². The summed E-state index contributed by atoms with van der Waals surface area (Å²) in [5, 5.41) is 2.21. The maximum Gasteiger partial charge on any atom is 0.373 e. The number of anilines is 1. The molecule has 2 aromatic carbocycles. The molecule has 4 amide bonds. The number of amides is 4. The van der Waals surface area contributed by atoms with E-state index in [-0.39, 0.29) is 17.9 Å². The van der Waals surface area contributed by atoms with Crippen LogP contribution >= 0.6 is 0 Å². The second-order valence-electron chi connectivity index (χ2n) is 7.70. The number of rotatable bonds is 7. The van der Waals surface area contributed by atoms with E-state index in [1.807, 2.05) is 0 Å². The summed E-state index contributed by atoms with van der Waals surface area (Å²) in [6.45, 7) is 1.78. The lowest BCUT2D eigenvalue weighted by Gasteiger charge is -2.27. The summed E-state index contributed by atoms with van der Waals surface area (Å²) in [7, 11) is 2.70. The lowest BCUT2D eigenvalue weighted by atomic mass is 10.1. The molecule has 0 atom stereocenters. The Balaban J connectivity index is 1.56. The quantitative estimate of drug-likeness (QED) is 0.303. The predicted molar refractivity (Wildman–Crippen MR) is 128 cm³/mol. The first kappa shape index (κ1) is 24.3. The average Bonchev–Trinajstić information content (AvgIpc) is 3.35. The molecule has 184 valence electrons. The number of carbonyl (C=O) groups excluding carboxylic acids is 4. The molecule has 10 nitrogen and oxygen atoms in total. The normalized spacial score (nSPS) is 14.6. The SMILES string of the molecule is COC(=O)c1ccc(COc2ccc(C=C3C(=O)NC(=O)N(c4ccccc4C)C3=O)cc2OC)o1. The van der Waals surface area contributed by atoms with Crippen LogP contribution < -0.4 is 19.7 Å². The number of ether oxygens (including phenoxy) is 3. The summed E-state index contributed by atoms with van der Waals surface area (Å²) in [6, 6.07) is 13.9. The molecule has 10 heteroatoms. The van der Waals surface area contributed by atoms with Gasteiger partial charge < -0.3 is 18.6 Å². The molecule has 0 aliphatic carbocycles. The van der Waals surface area contributed by atoms with E-state index in [2.05, 4.69) is 10.1 Å². The Morgan fingerprint density at radius 3 is 2.53 bits per heavy atom. The van der Waals surface area contributed by atoms with Crippen molar-refractivity contribution in [3.63, 3.8) is 0 Å². The van der Waals surface area contributed by atoms with Crippen LogP contribution in [0.15, 0.2) is 64.6 Å². The van der Waals surface area contributed by atoms with Gasteiger partial charge in [-0.05, 0) is 54.5 Å².